The zero-order valence-corrected chi connectivity index (χ0v) is 9.96. The summed E-state index contributed by atoms with van der Waals surface area (Å²) in [5.74, 6) is 0. The second kappa shape index (κ2) is 3.34. The Hall–Kier alpha value is -0.0900. The lowest BCUT2D eigenvalue weighted by Gasteiger charge is -1.99. The number of hydrogen-bond acceptors (Lipinski definition) is 0. The third-order valence-electron chi connectivity index (χ3n) is 1.79. The van der Waals surface area contributed by atoms with Gasteiger partial charge in [-0.05, 0) is 51.6 Å². The van der Waals surface area contributed by atoms with Crippen LogP contribution in [0.3, 0.4) is 0 Å². The summed E-state index contributed by atoms with van der Waals surface area (Å²) in [7, 11) is 0. The second-order valence-corrected chi connectivity index (χ2v) is 4.68. The molecule has 0 amide bonds. The van der Waals surface area contributed by atoms with Crippen molar-refractivity contribution in [1.29, 1.82) is 0 Å². The Kier molecular flexibility index (Phi) is 2.37. The van der Waals surface area contributed by atoms with E-state index in [1.54, 1.807) is 0 Å². The molecule has 0 aliphatic rings. The summed E-state index contributed by atoms with van der Waals surface area (Å²) in [5, 5.41) is 2.61. The maximum absolute atomic E-state index is 3.46. The summed E-state index contributed by atoms with van der Waals surface area (Å²) in [6, 6.07) is 12.7. The molecule has 0 aliphatic carbocycles. The molecule has 0 N–H and O–H groups in total. The lowest BCUT2D eigenvalue weighted by molar-refractivity contribution is 1.67. The summed E-state index contributed by atoms with van der Waals surface area (Å²) < 4.78 is 2.44. The smallest absolute Gasteiger partial charge is 0.0209 e. The minimum atomic E-state index is 1.14. The lowest BCUT2D eigenvalue weighted by atomic mass is 10.1. The number of halogens is 2. The van der Waals surface area contributed by atoms with Gasteiger partial charge in [-0.15, -0.1) is 0 Å². The van der Waals surface area contributed by atoms with Gasteiger partial charge in [0.2, 0.25) is 0 Å². The molecular formula is C10H6BrI. The van der Waals surface area contributed by atoms with Crippen LogP contribution in [0.25, 0.3) is 10.8 Å². The number of rotatable bonds is 0. The fourth-order valence-corrected chi connectivity index (χ4v) is 2.24. The molecule has 0 heterocycles. The first-order valence-corrected chi connectivity index (χ1v) is 5.48. The van der Waals surface area contributed by atoms with Crippen LogP contribution >= 0.6 is 38.5 Å². The van der Waals surface area contributed by atoms with Crippen molar-refractivity contribution in [2.75, 3.05) is 0 Å². The summed E-state index contributed by atoms with van der Waals surface area (Å²) >= 11 is 5.82. The molecule has 0 bridgehead atoms. The molecule has 2 aromatic rings. The summed E-state index contributed by atoms with van der Waals surface area (Å²) in [4.78, 5) is 0. The number of fused-ring (bicyclic) bond motifs is 1. The van der Waals surface area contributed by atoms with E-state index in [-0.39, 0.29) is 0 Å². The first-order valence-electron chi connectivity index (χ1n) is 3.61. The van der Waals surface area contributed by atoms with Crippen molar-refractivity contribution in [3.8, 4) is 0 Å². The molecule has 0 radical (unpaired) electrons. The highest BCUT2D eigenvalue weighted by Gasteiger charge is 1.96. The molecule has 2 aromatic carbocycles. The normalized spacial score (nSPS) is 10.5. The van der Waals surface area contributed by atoms with Gasteiger partial charge in [0, 0.05) is 8.04 Å². The van der Waals surface area contributed by atoms with Crippen LogP contribution in [0.4, 0.5) is 0 Å². The van der Waals surface area contributed by atoms with E-state index in [9.17, 15) is 0 Å². The van der Waals surface area contributed by atoms with Crippen molar-refractivity contribution in [2.45, 2.75) is 0 Å². The molecule has 60 valence electrons. The average molecular weight is 333 g/mol. The number of hydrogen-bond donors (Lipinski definition) is 0. The van der Waals surface area contributed by atoms with Crippen LogP contribution in [0.1, 0.15) is 0 Å². The molecule has 0 saturated heterocycles. The second-order valence-electron chi connectivity index (χ2n) is 2.61. The molecule has 0 nitrogen and oxygen atoms in total. The summed E-state index contributed by atoms with van der Waals surface area (Å²) in [5.41, 5.74) is 0. The van der Waals surface area contributed by atoms with E-state index in [4.69, 9.17) is 0 Å². The maximum atomic E-state index is 3.46. The van der Waals surface area contributed by atoms with E-state index in [0.29, 0.717) is 0 Å². The Morgan fingerprint density at radius 1 is 1.08 bits per heavy atom. The highest BCUT2D eigenvalue weighted by Crippen LogP contribution is 2.23. The van der Waals surface area contributed by atoms with E-state index in [1.807, 2.05) is 0 Å². The maximum Gasteiger partial charge on any atom is 0.0209 e. The van der Waals surface area contributed by atoms with Crippen LogP contribution in [0.5, 0.6) is 0 Å². The van der Waals surface area contributed by atoms with Crippen molar-refractivity contribution in [1.82, 2.24) is 0 Å². The van der Waals surface area contributed by atoms with E-state index >= 15 is 0 Å². The van der Waals surface area contributed by atoms with Gasteiger partial charge in [0.1, 0.15) is 0 Å². The molecular weight excluding hydrogens is 327 g/mol. The third kappa shape index (κ3) is 1.50. The quantitative estimate of drug-likeness (QED) is 0.634. The minimum Gasteiger partial charge on any atom is -0.0606 e. The van der Waals surface area contributed by atoms with Crippen LogP contribution in [0, 0.1) is 3.57 Å². The zero-order valence-electron chi connectivity index (χ0n) is 6.22. The fraction of sp³-hybridized carbons (Fsp3) is 0. The lowest BCUT2D eigenvalue weighted by Crippen LogP contribution is -1.76. The van der Waals surface area contributed by atoms with E-state index in [1.165, 1.54) is 14.3 Å². The Bertz CT molecular complexity index is 423. The van der Waals surface area contributed by atoms with Gasteiger partial charge in [0.15, 0.2) is 0 Å². The van der Waals surface area contributed by atoms with Gasteiger partial charge >= 0.3 is 0 Å². The highest BCUT2D eigenvalue weighted by molar-refractivity contribution is 14.1. The molecule has 2 rings (SSSR count). The summed E-state index contributed by atoms with van der Waals surface area (Å²) in [6.07, 6.45) is 0. The molecule has 0 aliphatic heterocycles. The van der Waals surface area contributed by atoms with Gasteiger partial charge in [0.25, 0.3) is 0 Å². The molecule has 0 spiro atoms. The highest BCUT2D eigenvalue weighted by atomic mass is 127. The van der Waals surface area contributed by atoms with E-state index < -0.39 is 0 Å². The van der Waals surface area contributed by atoms with Gasteiger partial charge in [-0.1, -0.05) is 34.1 Å². The van der Waals surface area contributed by atoms with Crippen molar-refractivity contribution < 1.29 is 0 Å². The Labute approximate surface area is 93.2 Å². The van der Waals surface area contributed by atoms with Gasteiger partial charge in [-0.25, -0.2) is 0 Å². The average Bonchev–Trinajstić information content (AvgIpc) is 2.07. The Balaban J connectivity index is 2.88. The van der Waals surface area contributed by atoms with Gasteiger partial charge < -0.3 is 0 Å². The standard InChI is InChI=1S/C10H6BrI/c11-8-5-4-7-2-1-3-10(12)9(7)6-8/h1-6H. The molecule has 0 aromatic heterocycles. The SMILES string of the molecule is Brc1ccc2cccc(I)c2c1. The molecule has 2 heteroatoms. The van der Waals surface area contributed by atoms with E-state index in [0.717, 1.165) is 4.47 Å². The Morgan fingerprint density at radius 2 is 1.92 bits per heavy atom. The number of benzene rings is 2. The van der Waals surface area contributed by atoms with Gasteiger partial charge in [-0.2, -0.15) is 0 Å². The fourth-order valence-electron chi connectivity index (χ4n) is 1.21. The van der Waals surface area contributed by atoms with Crippen LogP contribution in [-0.4, -0.2) is 0 Å². The monoisotopic (exact) mass is 332 g/mol. The molecule has 0 fully saturated rings. The molecule has 0 saturated carbocycles. The van der Waals surface area contributed by atoms with Gasteiger partial charge in [0.05, 0.1) is 0 Å². The van der Waals surface area contributed by atoms with Crippen LogP contribution < -0.4 is 0 Å². The molecule has 0 atom stereocenters. The molecule has 0 unspecified atom stereocenters. The van der Waals surface area contributed by atoms with Crippen molar-refractivity contribution in [3.05, 3.63) is 44.4 Å². The topological polar surface area (TPSA) is 0 Å². The van der Waals surface area contributed by atoms with Crippen molar-refractivity contribution in [2.24, 2.45) is 0 Å². The zero-order chi connectivity index (χ0) is 8.55. The molecule has 12 heavy (non-hydrogen) atoms. The first-order chi connectivity index (χ1) is 5.77. The van der Waals surface area contributed by atoms with Gasteiger partial charge in [-0.3, -0.25) is 0 Å². The first kappa shape index (κ1) is 8.51. The van der Waals surface area contributed by atoms with Crippen LogP contribution in [-0.2, 0) is 0 Å². The summed E-state index contributed by atoms with van der Waals surface area (Å²) in [6.45, 7) is 0. The van der Waals surface area contributed by atoms with Crippen LogP contribution in [0.15, 0.2) is 40.9 Å². The van der Waals surface area contributed by atoms with Crippen molar-refractivity contribution >= 4 is 49.3 Å². The minimum absolute atomic E-state index is 1.14. The largest absolute Gasteiger partial charge is 0.0606 e. The van der Waals surface area contributed by atoms with Crippen molar-refractivity contribution in [3.63, 3.8) is 0 Å². The van der Waals surface area contributed by atoms with E-state index in [2.05, 4.69) is 74.9 Å². The Morgan fingerprint density at radius 3 is 2.75 bits per heavy atom. The predicted molar refractivity (Wildman–Crippen MR) is 64.4 cm³/mol. The van der Waals surface area contributed by atoms with Crippen LogP contribution in [0.2, 0.25) is 0 Å². The third-order valence-corrected chi connectivity index (χ3v) is 3.22. The predicted octanol–water partition coefficient (Wildman–Crippen LogP) is 4.21.